The van der Waals surface area contributed by atoms with Gasteiger partial charge in [-0.2, -0.15) is 0 Å². The zero-order chi connectivity index (χ0) is 25.9. The molecule has 38 heavy (non-hydrogen) atoms. The molecular formula is C32H29ClN4O. The first kappa shape index (κ1) is 24.6. The topological polar surface area (TPSA) is 39.7 Å². The van der Waals surface area contributed by atoms with Gasteiger partial charge in [0.1, 0.15) is 0 Å². The summed E-state index contributed by atoms with van der Waals surface area (Å²) in [6.45, 7) is 4.11. The van der Waals surface area contributed by atoms with Crippen molar-refractivity contribution >= 4 is 34.8 Å². The molecule has 1 aromatic heterocycles. The quantitative estimate of drug-likeness (QED) is 0.293. The minimum absolute atomic E-state index is 0.00000281. The molecule has 6 heteroatoms. The van der Waals surface area contributed by atoms with Crippen molar-refractivity contribution in [2.75, 3.05) is 37.7 Å². The Hall–Kier alpha value is -3.77. The molecule has 0 aliphatic carbocycles. The van der Waals surface area contributed by atoms with Gasteiger partial charge in [0, 0.05) is 54.7 Å². The van der Waals surface area contributed by atoms with Gasteiger partial charge in [0.05, 0.1) is 18.4 Å². The number of piperazine rings is 1. The first-order valence-electron chi connectivity index (χ1n) is 13.0. The lowest BCUT2D eigenvalue weighted by Crippen LogP contribution is -2.51. The van der Waals surface area contributed by atoms with Gasteiger partial charge in [-0.15, -0.1) is 0 Å². The molecule has 0 atom stereocenters. The first-order chi connectivity index (χ1) is 18.7. The van der Waals surface area contributed by atoms with E-state index in [4.69, 9.17) is 11.6 Å². The molecule has 1 amide bonds. The largest absolute Gasteiger partial charge is 0.294 e. The zero-order valence-corrected chi connectivity index (χ0v) is 21.8. The number of halogens is 1. The van der Waals surface area contributed by atoms with Crippen molar-refractivity contribution in [2.45, 2.75) is 6.04 Å². The van der Waals surface area contributed by atoms with Crippen LogP contribution in [-0.4, -0.2) is 53.5 Å². The smallest absolute Gasteiger partial charge is 0.260 e. The van der Waals surface area contributed by atoms with E-state index in [0.29, 0.717) is 17.3 Å². The predicted octanol–water partition coefficient (Wildman–Crippen LogP) is 5.99. The number of rotatable bonds is 6. The van der Waals surface area contributed by atoms with Crippen LogP contribution in [0, 0.1) is 0 Å². The van der Waals surface area contributed by atoms with E-state index >= 15 is 0 Å². The average molecular weight is 521 g/mol. The maximum atomic E-state index is 13.7. The average Bonchev–Trinajstić information content (AvgIpc) is 3.21. The normalized spacial score (nSPS) is 17.4. The van der Waals surface area contributed by atoms with E-state index in [1.54, 1.807) is 12.4 Å². The zero-order valence-electron chi connectivity index (χ0n) is 21.1. The number of aromatic nitrogens is 1. The molecule has 0 radical (unpaired) electrons. The molecule has 2 aliphatic heterocycles. The van der Waals surface area contributed by atoms with Crippen molar-refractivity contribution < 1.29 is 4.79 Å². The van der Waals surface area contributed by atoms with E-state index in [2.05, 4.69) is 75.4 Å². The maximum absolute atomic E-state index is 13.7. The Balaban J connectivity index is 1.21. The predicted molar refractivity (Wildman–Crippen MR) is 154 cm³/mol. The van der Waals surface area contributed by atoms with Gasteiger partial charge >= 0.3 is 0 Å². The summed E-state index contributed by atoms with van der Waals surface area (Å²) in [6, 6.07) is 31.2. The van der Waals surface area contributed by atoms with E-state index in [9.17, 15) is 4.79 Å². The highest BCUT2D eigenvalue weighted by Crippen LogP contribution is 2.39. The van der Waals surface area contributed by atoms with Crippen LogP contribution in [0.5, 0.6) is 0 Å². The van der Waals surface area contributed by atoms with Gasteiger partial charge in [0.2, 0.25) is 0 Å². The van der Waals surface area contributed by atoms with Crippen molar-refractivity contribution in [1.82, 2.24) is 14.8 Å². The van der Waals surface area contributed by atoms with Crippen LogP contribution in [0.2, 0.25) is 5.02 Å². The second-order valence-corrected chi connectivity index (χ2v) is 10.2. The Labute approximate surface area is 228 Å². The molecular weight excluding hydrogens is 492 g/mol. The Bertz CT molecular complexity index is 1400. The number of hydrogen-bond acceptors (Lipinski definition) is 4. The molecule has 0 spiro atoms. The highest BCUT2D eigenvalue weighted by atomic mass is 35.5. The van der Waals surface area contributed by atoms with Crippen molar-refractivity contribution in [3.05, 3.63) is 131 Å². The number of benzene rings is 3. The molecule has 3 heterocycles. The fourth-order valence-electron chi connectivity index (χ4n) is 5.48. The lowest BCUT2D eigenvalue weighted by molar-refractivity contribution is -0.113. The Kier molecular flexibility index (Phi) is 7.06. The van der Waals surface area contributed by atoms with Crippen molar-refractivity contribution in [3.63, 3.8) is 0 Å². The monoisotopic (exact) mass is 520 g/mol. The molecule has 190 valence electrons. The number of amides is 1. The Morgan fingerprint density at radius 3 is 2.16 bits per heavy atom. The van der Waals surface area contributed by atoms with Crippen LogP contribution in [0.1, 0.15) is 28.3 Å². The summed E-state index contributed by atoms with van der Waals surface area (Å²) in [6.07, 6.45) is 5.43. The van der Waals surface area contributed by atoms with Crippen LogP contribution in [-0.2, 0) is 4.79 Å². The van der Waals surface area contributed by atoms with E-state index in [0.717, 1.165) is 43.0 Å². The molecule has 4 aromatic rings. The number of fused-ring (bicyclic) bond motifs is 1. The molecule has 5 nitrogen and oxygen atoms in total. The standard InChI is InChI=1S/C32H29ClN4O/c33-27-13-14-28-29(20-24-8-7-15-34-22-24)32(38)37(30(28)21-27)23-35-16-18-36(19-17-35)31(25-9-3-1-4-10-25)26-11-5-2-6-12-26/h1-15,20-22,31H,16-19,23H2/b29-20-. The molecule has 0 bridgehead atoms. The van der Waals surface area contributed by atoms with Crippen LogP contribution in [0.15, 0.2) is 103 Å². The third kappa shape index (κ3) is 5.01. The number of pyridine rings is 1. The molecule has 0 saturated carbocycles. The van der Waals surface area contributed by atoms with Gasteiger partial charge < -0.3 is 0 Å². The van der Waals surface area contributed by atoms with E-state index in [1.807, 2.05) is 41.3 Å². The lowest BCUT2D eigenvalue weighted by atomic mass is 9.96. The summed E-state index contributed by atoms with van der Waals surface area (Å²) in [5, 5.41) is 0.627. The number of carbonyl (C=O) groups excluding carboxylic acids is 1. The van der Waals surface area contributed by atoms with Crippen molar-refractivity contribution in [3.8, 4) is 0 Å². The summed E-state index contributed by atoms with van der Waals surface area (Å²) in [5.74, 6) is -0.00000281. The van der Waals surface area contributed by atoms with Crippen LogP contribution in [0.3, 0.4) is 0 Å². The molecule has 0 N–H and O–H groups in total. The Morgan fingerprint density at radius 2 is 1.53 bits per heavy atom. The van der Waals surface area contributed by atoms with E-state index in [1.165, 1.54) is 11.1 Å². The second kappa shape index (κ2) is 10.9. The van der Waals surface area contributed by atoms with E-state index < -0.39 is 0 Å². The molecule has 3 aromatic carbocycles. The summed E-state index contributed by atoms with van der Waals surface area (Å²) in [7, 11) is 0. The lowest BCUT2D eigenvalue weighted by Gasteiger charge is -2.40. The number of anilines is 1. The third-order valence-electron chi connectivity index (χ3n) is 7.36. The maximum Gasteiger partial charge on any atom is 0.260 e. The van der Waals surface area contributed by atoms with Crippen LogP contribution >= 0.6 is 11.6 Å². The molecule has 1 saturated heterocycles. The minimum Gasteiger partial charge on any atom is -0.294 e. The van der Waals surface area contributed by atoms with Gasteiger partial charge in [0.15, 0.2) is 0 Å². The fraction of sp³-hybridized carbons (Fsp3) is 0.188. The summed E-state index contributed by atoms with van der Waals surface area (Å²) in [4.78, 5) is 24.6. The van der Waals surface area contributed by atoms with Gasteiger partial charge in [-0.3, -0.25) is 24.5 Å². The van der Waals surface area contributed by atoms with Gasteiger partial charge in [-0.1, -0.05) is 84.4 Å². The molecule has 0 unspecified atom stereocenters. The second-order valence-electron chi connectivity index (χ2n) is 9.76. The summed E-state index contributed by atoms with van der Waals surface area (Å²) in [5.41, 5.74) is 5.96. The van der Waals surface area contributed by atoms with Gasteiger partial charge in [0.25, 0.3) is 5.91 Å². The number of nitrogens with zero attached hydrogens (tertiary/aromatic N) is 4. The highest BCUT2D eigenvalue weighted by molar-refractivity contribution is 6.37. The molecule has 1 fully saturated rings. The number of hydrogen-bond donors (Lipinski definition) is 0. The minimum atomic E-state index is -0.00000281. The Morgan fingerprint density at radius 1 is 0.842 bits per heavy atom. The summed E-state index contributed by atoms with van der Waals surface area (Å²) >= 11 is 6.37. The van der Waals surface area contributed by atoms with Crippen molar-refractivity contribution in [2.24, 2.45) is 0 Å². The van der Waals surface area contributed by atoms with Crippen LogP contribution in [0.4, 0.5) is 5.69 Å². The van der Waals surface area contributed by atoms with Crippen LogP contribution in [0.25, 0.3) is 11.6 Å². The van der Waals surface area contributed by atoms with E-state index in [-0.39, 0.29) is 11.9 Å². The number of carbonyl (C=O) groups is 1. The highest BCUT2D eigenvalue weighted by Gasteiger charge is 2.35. The van der Waals surface area contributed by atoms with Crippen molar-refractivity contribution in [1.29, 1.82) is 0 Å². The first-order valence-corrected chi connectivity index (χ1v) is 13.3. The molecule has 6 rings (SSSR count). The van der Waals surface area contributed by atoms with Gasteiger partial charge in [-0.05, 0) is 41.0 Å². The fourth-order valence-corrected chi connectivity index (χ4v) is 5.65. The SMILES string of the molecule is O=C1/C(=C\c2cccnc2)c2ccc(Cl)cc2N1CN1CCN(C(c2ccccc2)c2ccccc2)CC1. The summed E-state index contributed by atoms with van der Waals surface area (Å²) < 4.78 is 0. The molecule has 2 aliphatic rings. The van der Waals surface area contributed by atoms with Gasteiger partial charge in [-0.25, -0.2) is 0 Å². The third-order valence-corrected chi connectivity index (χ3v) is 7.59. The van der Waals surface area contributed by atoms with Crippen LogP contribution < -0.4 is 4.90 Å².